The highest BCUT2D eigenvalue weighted by Gasteiger charge is 2.67. The Kier molecular flexibility index (Phi) is 2.19. The molecular formula is C14H19O4. The van der Waals surface area contributed by atoms with Gasteiger partial charge in [-0.15, -0.1) is 0 Å². The van der Waals surface area contributed by atoms with Gasteiger partial charge in [0.1, 0.15) is 0 Å². The first-order valence-corrected chi connectivity index (χ1v) is 6.49. The van der Waals surface area contributed by atoms with E-state index in [-0.39, 0.29) is 11.4 Å². The molecule has 3 unspecified atom stereocenters. The third-order valence-corrected chi connectivity index (χ3v) is 5.13. The number of methoxy groups -OCH3 is 1. The van der Waals surface area contributed by atoms with E-state index in [1.807, 2.05) is 0 Å². The molecule has 99 valence electrons. The number of carbonyl (C=O) groups excluding carboxylic acids is 1. The van der Waals surface area contributed by atoms with Crippen molar-refractivity contribution in [3.63, 3.8) is 0 Å². The molecule has 4 nitrogen and oxygen atoms in total. The molecule has 0 spiro atoms. The largest absolute Gasteiger partial charge is 0.481 e. The van der Waals surface area contributed by atoms with Gasteiger partial charge < -0.3 is 9.84 Å². The molecule has 4 bridgehead atoms. The highest BCUT2D eigenvalue weighted by molar-refractivity contribution is 5.83. The van der Waals surface area contributed by atoms with Crippen molar-refractivity contribution in [3.8, 4) is 0 Å². The third-order valence-electron chi connectivity index (χ3n) is 5.13. The SMILES string of the molecule is COC(=O)C12C[C]3CC(C)(CC(C(=O)O)(C3)C1)C2. The van der Waals surface area contributed by atoms with Gasteiger partial charge in [0.2, 0.25) is 0 Å². The zero-order chi connectivity index (χ0) is 13.2. The van der Waals surface area contributed by atoms with Gasteiger partial charge in [0.05, 0.1) is 17.9 Å². The molecule has 0 saturated heterocycles. The van der Waals surface area contributed by atoms with Crippen LogP contribution in [-0.4, -0.2) is 24.2 Å². The molecule has 18 heavy (non-hydrogen) atoms. The second kappa shape index (κ2) is 3.28. The van der Waals surface area contributed by atoms with Gasteiger partial charge >= 0.3 is 11.9 Å². The van der Waals surface area contributed by atoms with Crippen LogP contribution >= 0.6 is 0 Å². The maximum absolute atomic E-state index is 12.1. The number of carboxylic acids is 1. The fourth-order valence-electron chi connectivity index (χ4n) is 5.25. The van der Waals surface area contributed by atoms with E-state index in [2.05, 4.69) is 6.92 Å². The van der Waals surface area contributed by atoms with Crippen LogP contribution in [0.1, 0.15) is 45.4 Å². The van der Waals surface area contributed by atoms with Crippen molar-refractivity contribution in [2.24, 2.45) is 16.2 Å². The summed E-state index contributed by atoms with van der Waals surface area (Å²) in [6.07, 6.45) is 4.34. The molecule has 1 N–H and O–H groups in total. The third kappa shape index (κ3) is 1.38. The lowest BCUT2D eigenvalue weighted by atomic mass is 9.40. The number of rotatable bonds is 2. The van der Waals surface area contributed by atoms with Gasteiger partial charge in [0, 0.05) is 0 Å². The predicted molar refractivity (Wildman–Crippen MR) is 63.6 cm³/mol. The van der Waals surface area contributed by atoms with E-state index in [1.54, 1.807) is 0 Å². The van der Waals surface area contributed by atoms with Crippen LogP contribution in [0.4, 0.5) is 0 Å². The topological polar surface area (TPSA) is 63.6 Å². The van der Waals surface area contributed by atoms with Gasteiger partial charge in [-0.1, -0.05) is 6.92 Å². The summed E-state index contributed by atoms with van der Waals surface area (Å²) in [6, 6.07) is 0. The van der Waals surface area contributed by atoms with Crippen LogP contribution < -0.4 is 0 Å². The zero-order valence-corrected chi connectivity index (χ0v) is 10.9. The summed E-state index contributed by atoms with van der Waals surface area (Å²) in [7, 11) is 1.40. The van der Waals surface area contributed by atoms with Gasteiger partial charge in [0.25, 0.3) is 0 Å². The molecule has 0 amide bonds. The number of esters is 1. The maximum Gasteiger partial charge on any atom is 0.311 e. The average molecular weight is 251 g/mol. The molecule has 0 aromatic rings. The monoisotopic (exact) mass is 251 g/mol. The lowest BCUT2D eigenvalue weighted by molar-refractivity contribution is -0.186. The summed E-state index contributed by atoms with van der Waals surface area (Å²) in [4.78, 5) is 23.8. The quantitative estimate of drug-likeness (QED) is 0.764. The lowest BCUT2D eigenvalue weighted by Crippen LogP contribution is -2.60. The minimum absolute atomic E-state index is 0.0311. The number of ether oxygens (including phenoxy) is 1. The average Bonchev–Trinajstić information content (AvgIpc) is 2.24. The molecule has 4 saturated carbocycles. The summed E-state index contributed by atoms with van der Waals surface area (Å²) in [6.45, 7) is 2.12. The normalized spacial score (nSPS) is 46.1. The van der Waals surface area contributed by atoms with Crippen LogP contribution in [0.5, 0.6) is 0 Å². The van der Waals surface area contributed by atoms with Crippen molar-refractivity contribution >= 4 is 11.9 Å². The van der Waals surface area contributed by atoms with Crippen LogP contribution in [-0.2, 0) is 14.3 Å². The van der Waals surface area contributed by atoms with E-state index in [9.17, 15) is 14.7 Å². The first-order chi connectivity index (χ1) is 8.33. The molecule has 0 heterocycles. The molecule has 1 radical (unpaired) electrons. The van der Waals surface area contributed by atoms with Crippen molar-refractivity contribution < 1.29 is 19.4 Å². The second-order valence-corrected chi connectivity index (χ2v) is 6.98. The lowest BCUT2D eigenvalue weighted by Gasteiger charge is -2.63. The van der Waals surface area contributed by atoms with Crippen LogP contribution in [0.15, 0.2) is 0 Å². The first kappa shape index (κ1) is 12.0. The fraction of sp³-hybridized carbons (Fsp3) is 0.786. The van der Waals surface area contributed by atoms with Crippen molar-refractivity contribution in [3.05, 3.63) is 5.92 Å². The number of carboxylic acid groups (broad SMARTS) is 1. The number of hydrogen-bond acceptors (Lipinski definition) is 3. The molecule has 4 rings (SSSR count). The molecule has 0 aliphatic heterocycles. The van der Waals surface area contributed by atoms with Gasteiger partial charge in [-0.05, 0) is 49.9 Å². The van der Waals surface area contributed by atoms with Crippen molar-refractivity contribution in [1.29, 1.82) is 0 Å². The van der Waals surface area contributed by atoms with Crippen molar-refractivity contribution in [2.45, 2.75) is 45.4 Å². The second-order valence-electron chi connectivity index (χ2n) is 6.98. The Morgan fingerprint density at radius 1 is 1.11 bits per heavy atom. The first-order valence-electron chi connectivity index (χ1n) is 6.49. The van der Waals surface area contributed by atoms with E-state index in [0.717, 1.165) is 19.3 Å². The maximum atomic E-state index is 12.1. The summed E-state index contributed by atoms with van der Waals surface area (Å²) < 4.78 is 4.96. The Balaban J connectivity index is 2.06. The molecule has 4 aliphatic carbocycles. The van der Waals surface area contributed by atoms with Crippen LogP contribution in [0.25, 0.3) is 0 Å². The zero-order valence-electron chi connectivity index (χ0n) is 10.9. The molecule has 4 fully saturated rings. The fourth-order valence-corrected chi connectivity index (χ4v) is 5.25. The summed E-state index contributed by atoms with van der Waals surface area (Å²) in [5, 5.41) is 9.60. The van der Waals surface area contributed by atoms with Crippen LogP contribution in [0.3, 0.4) is 0 Å². The summed E-state index contributed by atoms with van der Waals surface area (Å²) in [5.74, 6) is 0.309. The Hall–Kier alpha value is -1.06. The van der Waals surface area contributed by atoms with E-state index in [1.165, 1.54) is 13.0 Å². The number of aliphatic carboxylic acids is 1. The Morgan fingerprint density at radius 3 is 2.28 bits per heavy atom. The molecular weight excluding hydrogens is 232 g/mol. The number of carbonyl (C=O) groups is 2. The van der Waals surface area contributed by atoms with Crippen LogP contribution in [0, 0.1) is 22.2 Å². The highest BCUT2D eigenvalue weighted by Crippen LogP contribution is 2.70. The van der Waals surface area contributed by atoms with Crippen LogP contribution in [0.2, 0.25) is 0 Å². The molecule has 0 aromatic heterocycles. The summed E-state index contributed by atoms with van der Waals surface area (Å²) >= 11 is 0. The molecule has 3 atom stereocenters. The van der Waals surface area contributed by atoms with E-state index >= 15 is 0 Å². The highest BCUT2D eigenvalue weighted by atomic mass is 16.5. The van der Waals surface area contributed by atoms with E-state index in [4.69, 9.17) is 4.74 Å². The smallest absolute Gasteiger partial charge is 0.311 e. The molecule has 4 heteroatoms. The predicted octanol–water partition coefficient (Wildman–Crippen LogP) is 2.18. The van der Waals surface area contributed by atoms with Crippen molar-refractivity contribution in [1.82, 2.24) is 0 Å². The van der Waals surface area contributed by atoms with Gasteiger partial charge in [-0.25, -0.2) is 0 Å². The van der Waals surface area contributed by atoms with Gasteiger partial charge in [-0.3, -0.25) is 9.59 Å². The molecule has 4 aliphatic rings. The summed E-state index contributed by atoms with van der Waals surface area (Å²) in [5.41, 5.74) is -1.31. The minimum atomic E-state index is -0.737. The number of hydrogen-bond donors (Lipinski definition) is 1. The standard InChI is InChI=1S/C14H19O4/c1-12-3-9-4-13(6-12,10(15)16)8-14(5-9,7-12)11(17)18-2/h3-8H2,1-2H3,(H,15,16). The van der Waals surface area contributed by atoms with E-state index in [0.29, 0.717) is 19.3 Å². The Bertz CT molecular complexity index is 432. The Labute approximate surface area is 107 Å². The van der Waals surface area contributed by atoms with Crippen molar-refractivity contribution in [2.75, 3.05) is 7.11 Å². The van der Waals surface area contributed by atoms with Gasteiger partial charge in [-0.2, -0.15) is 0 Å². The van der Waals surface area contributed by atoms with E-state index < -0.39 is 16.8 Å². The minimum Gasteiger partial charge on any atom is -0.481 e. The Morgan fingerprint density at radius 2 is 1.72 bits per heavy atom. The molecule has 0 aromatic carbocycles. The van der Waals surface area contributed by atoms with Gasteiger partial charge in [0.15, 0.2) is 0 Å².